The zero-order valence-corrected chi connectivity index (χ0v) is 12.9. The summed E-state index contributed by atoms with van der Waals surface area (Å²) in [6.45, 7) is 3.85. The van der Waals surface area contributed by atoms with E-state index in [1.165, 1.54) is 11.3 Å². The lowest BCUT2D eigenvalue weighted by atomic mass is 10.2. The van der Waals surface area contributed by atoms with Crippen LogP contribution in [0, 0.1) is 6.92 Å². The fraction of sp³-hybridized carbons (Fsp3) is 0.214. The zero-order valence-electron chi connectivity index (χ0n) is 12.0. The van der Waals surface area contributed by atoms with E-state index in [-0.39, 0.29) is 6.61 Å². The number of aromatic nitrogens is 3. The highest BCUT2D eigenvalue weighted by Crippen LogP contribution is 2.35. The quantitative estimate of drug-likeness (QED) is 0.568. The predicted molar refractivity (Wildman–Crippen MR) is 84.0 cm³/mol. The number of ether oxygens (including phenoxy) is 2. The van der Waals surface area contributed by atoms with Crippen LogP contribution >= 0.6 is 11.3 Å². The van der Waals surface area contributed by atoms with Crippen molar-refractivity contribution >= 4 is 33.5 Å². The van der Waals surface area contributed by atoms with Crippen LogP contribution in [0.4, 0.5) is 10.6 Å². The molecule has 0 fully saturated rings. The highest BCUT2D eigenvalue weighted by Gasteiger charge is 2.15. The first-order valence-corrected chi connectivity index (χ1v) is 7.46. The molecule has 3 aromatic rings. The molecule has 8 heteroatoms. The first-order chi connectivity index (χ1) is 10.6. The van der Waals surface area contributed by atoms with Gasteiger partial charge in [-0.05, 0) is 26.0 Å². The number of aryl methyl sites for hydroxylation is 1. The van der Waals surface area contributed by atoms with Gasteiger partial charge in [0.15, 0.2) is 0 Å². The summed E-state index contributed by atoms with van der Waals surface area (Å²) in [6.07, 6.45) is -0.729. The lowest BCUT2D eigenvalue weighted by Crippen LogP contribution is -2.09. The number of nitrogen functional groups attached to an aromatic ring is 1. The van der Waals surface area contributed by atoms with Crippen molar-refractivity contribution in [3.8, 4) is 16.3 Å². The molecule has 0 aliphatic heterocycles. The number of hydrogen-bond donors (Lipinski definition) is 2. The van der Waals surface area contributed by atoms with Crippen molar-refractivity contribution in [2.24, 2.45) is 0 Å². The van der Waals surface area contributed by atoms with Crippen LogP contribution in [0.2, 0.25) is 0 Å². The molecule has 0 saturated carbocycles. The maximum Gasteiger partial charge on any atom is 0.513 e. The molecule has 0 saturated heterocycles. The Labute approximate surface area is 130 Å². The highest BCUT2D eigenvalue weighted by atomic mass is 32.1. The molecule has 0 bridgehead atoms. The number of nitrogens with one attached hydrogen (secondary N) is 1. The molecule has 0 radical (unpaired) electrons. The van der Waals surface area contributed by atoms with Gasteiger partial charge < -0.3 is 15.2 Å². The number of hydrogen-bond acceptors (Lipinski definition) is 7. The van der Waals surface area contributed by atoms with Crippen LogP contribution in [0.15, 0.2) is 18.2 Å². The molecule has 0 amide bonds. The van der Waals surface area contributed by atoms with Gasteiger partial charge in [-0.15, -0.1) is 11.3 Å². The molecule has 0 spiro atoms. The van der Waals surface area contributed by atoms with E-state index in [1.54, 1.807) is 19.1 Å². The summed E-state index contributed by atoms with van der Waals surface area (Å²) in [4.78, 5) is 15.9. The molecule has 0 aliphatic carbocycles. The second-order valence-electron chi connectivity index (χ2n) is 4.53. The molecule has 114 valence electrons. The number of nitrogens with zero attached hydrogens (tertiary/aromatic N) is 2. The second kappa shape index (κ2) is 5.64. The number of carbonyl (C=O) groups is 1. The fourth-order valence-corrected chi connectivity index (χ4v) is 3.10. The van der Waals surface area contributed by atoms with Crippen molar-refractivity contribution in [2.45, 2.75) is 13.8 Å². The van der Waals surface area contributed by atoms with E-state index in [1.807, 2.05) is 13.0 Å². The highest BCUT2D eigenvalue weighted by molar-refractivity contribution is 7.21. The molecule has 22 heavy (non-hydrogen) atoms. The average molecular weight is 318 g/mol. The molecule has 2 aromatic heterocycles. The molecular weight excluding hydrogens is 304 g/mol. The molecule has 2 heterocycles. The molecule has 3 rings (SSSR count). The van der Waals surface area contributed by atoms with E-state index in [0.717, 1.165) is 26.5 Å². The van der Waals surface area contributed by atoms with Gasteiger partial charge in [-0.1, -0.05) is 0 Å². The maximum atomic E-state index is 11.3. The number of aromatic amines is 1. The first-order valence-electron chi connectivity index (χ1n) is 6.64. The minimum absolute atomic E-state index is 0.265. The van der Waals surface area contributed by atoms with Crippen LogP contribution in [0.3, 0.4) is 0 Å². The zero-order chi connectivity index (χ0) is 15.7. The van der Waals surface area contributed by atoms with Gasteiger partial charge in [-0.25, -0.2) is 9.78 Å². The summed E-state index contributed by atoms with van der Waals surface area (Å²) in [5, 5.41) is 7.58. The number of H-pyrrole nitrogens is 1. The van der Waals surface area contributed by atoms with Crippen molar-refractivity contribution in [3.05, 3.63) is 23.9 Å². The molecule has 1 aromatic carbocycles. The van der Waals surface area contributed by atoms with Gasteiger partial charge in [0.2, 0.25) is 0 Å². The normalized spacial score (nSPS) is 10.8. The summed E-state index contributed by atoms with van der Waals surface area (Å²) in [7, 11) is 0. The molecule has 7 nitrogen and oxygen atoms in total. The number of benzene rings is 1. The van der Waals surface area contributed by atoms with Crippen molar-refractivity contribution < 1.29 is 14.3 Å². The number of fused-ring (bicyclic) bond motifs is 1. The van der Waals surface area contributed by atoms with Gasteiger partial charge in [0.05, 0.1) is 28.1 Å². The third-order valence-corrected chi connectivity index (χ3v) is 4.07. The molecule has 0 aliphatic rings. The van der Waals surface area contributed by atoms with Crippen LogP contribution < -0.4 is 10.5 Å². The Kier molecular flexibility index (Phi) is 3.68. The average Bonchev–Trinajstić information content (AvgIpc) is 3.01. The largest absolute Gasteiger partial charge is 0.513 e. The van der Waals surface area contributed by atoms with Crippen molar-refractivity contribution in [1.82, 2.24) is 15.2 Å². The van der Waals surface area contributed by atoms with Gasteiger partial charge >= 0.3 is 6.16 Å². The van der Waals surface area contributed by atoms with E-state index >= 15 is 0 Å². The Morgan fingerprint density at radius 2 is 2.27 bits per heavy atom. The lowest BCUT2D eigenvalue weighted by molar-refractivity contribution is 0.104. The van der Waals surface area contributed by atoms with Gasteiger partial charge in [-0.2, -0.15) is 5.10 Å². The molecular formula is C14H14N4O3S. The van der Waals surface area contributed by atoms with Crippen LogP contribution in [-0.4, -0.2) is 27.9 Å². The summed E-state index contributed by atoms with van der Waals surface area (Å²) >= 11 is 1.50. The minimum atomic E-state index is -0.729. The van der Waals surface area contributed by atoms with Crippen molar-refractivity contribution in [3.63, 3.8) is 0 Å². The molecule has 0 atom stereocenters. The monoisotopic (exact) mass is 318 g/mol. The number of rotatable bonds is 3. The Balaban J connectivity index is 1.95. The Morgan fingerprint density at radius 1 is 1.45 bits per heavy atom. The van der Waals surface area contributed by atoms with E-state index in [0.29, 0.717) is 11.6 Å². The van der Waals surface area contributed by atoms with E-state index < -0.39 is 6.16 Å². The second-order valence-corrected chi connectivity index (χ2v) is 5.56. The van der Waals surface area contributed by atoms with Gasteiger partial charge in [0, 0.05) is 6.07 Å². The Bertz CT molecular complexity index is 820. The topological polar surface area (TPSA) is 103 Å². The van der Waals surface area contributed by atoms with E-state index in [2.05, 4.69) is 15.2 Å². The van der Waals surface area contributed by atoms with Crippen LogP contribution in [0.25, 0.3) is 20.8 Å². The van der Waals surface area contributed by atoms with Gasteiger partial charge in [0.1, 0.15) is 16.6 Å². The Hall–Kier alpha value is -2.61. The van der Waals surface area contributed by atoms with Crippen LogP contribution in [0.1, 0.15) is 12.6 Å². The maximum absolute atomic E-state index is 11.3. The molecule has 0 unspecified atom stereocenters. The van der Waals surface area contributed by atoms with Crippen LogP contribution in [-0.2, 0) is 4.74 Å². The fourth-order valence-electron chi connectivity index (χ4n) is 2.04. The summed E-state index contributed by atoms with van der Waals surface area (Å²) in [6, 6.07) is 5.24. The van der Waals surface area contributed by atoms with E-state index in [4.69, 9.17) is 15.2 Å². The summed E-state index contributed by atoms with van der Waals surface area (Å²) in [5.74, 6) is 0.874. The summed E-state index contributed by atoms with van der Waals surface area (Å²) < 4.78 is 10.8. The lowest BCUT2D eigenvalue weighted by Gasteiger charge is -2.03. The number of thiazole rings is 1. The minimum Gasteiger partial charge on any atom is -0.434 e. The van der Waals surface area contributed by atoms with Gasteiger partial charge in [-0.3, -0.25) is 5.10 Å². The standard InChI is InChI=1S/C14H14N4O3S/c1-3-20-14(19)21-8-4-5-10-9(6-8)16-13(22-10)11-7(2)17-18-12(11)15/h4-6H,3H2,1-2H3,(H3,15,17,18). The predicted octanol–water partition coefficient (Wildman–Crippen LogP) is 3.11. The summed E-state index contributed by atoms with van der Waals surface area (Å²) in [5.41, 5.74) is 8.20. The van der Waals surface area contributed by atoms with Crippen LogP contribution in [0.5, 0.6) is 5.75 Å². The number of nitrogens with two attached hydrogens (primary N) is 1. The van der Waals surface area contributed by atoms with Crippen molar-refractivity contribution in [2.75, 3.05) is 12.3 Å². The number of anilines is 1. The third-order valence-electron chi connectivity index (χ3n) is 3.01. The number of carbonyl (C=O) groups excluding carboxylic acids is 1. The van der Waals surface area contributed by atoms with E-state index in [9.17, 15) is 4.79 Å². The molecule has 3 N–H and O–H groups in total. The first kappa shape index (κ1) is 14.3. The van der Waals surface area contributed by atoms with Crippen molar-refractivity contribution in [1.29, 1.82) is 0 Å². The Morgan fingerprint density at radius 3 is 2.95 bits per heavy atom. The third kappa shape index (κ3) is 2.60. The SMILES string of the molecule is CCOC(=O)Oc1ccc2sc(-c3c(C)n[nH]c3N)nc2c1. The van der Waals surface area contributed by atoms with Gasteiger partial charge in [0.25, 0.3) is 0 Å². The smallest absolute Gasteiger partial charge is 0.434 e.